The maximum Gasteiger partial charge on any atom is 0.312 e. The Labute approximate surface area is 90.1 Å². The van der Waals surface area contributed by atoms with E-state index in [-0.39, 0.29) is 0 Å². The van der Waals surface area contributed by atoms with Crippen LogP contribution in [-0.4, -0.2) is 29.1 Å². The Morgan fingerprint density at radius 1 is 1.79 bits per heavy atom. The van der Waals surface area contributed by atoms with Crippen LogP contribution in [0.4, 0.5) is 5.13 Å². The third-order valence-corrected chi connectivity index (χ3v) is 3.55. The smallest absolute Gasteiger partial charge is 0.312 e. The van der Waals surface area contributed by atoms with E-state index >= 15 is 0 Å². The van der Waals surface area contributed by atoms with Gasteiger partial charge < -0.3 is 10.0 Å². The fourth-order valence-electron chi connectivity index (χ4n) is 1.46. The highest BCUT2D eigenvalue weighted by atomic mass is 35.5. The highest BCUT2D eigenvalue weighted by molar-refractivity contribution is 7.14. The molecule has 1 aliphatic heterocycles. The number of halogens is 1. The van der Waals surface area contributed by atoms with Crippen molar-refractivity contribution in [3.05, 3.63) is 10.5 Å². The Balaban J connectivity index is 2.04. The number of aliphatic carboxylic acids is 1. The second kappa shape index (κ2) is 3.10. The highest BCUT2D eigenvalue weighted by Gasteiger charge is 2.46. The summed E-state index contributed by atoms with van der Waals surface area (Å²) in [7, 11) is 0. The third-order valence-electron chi connectivity index (χ3n) is 2.33. The molecule has 0 radical (unpaired) electrons. The van der Waals surface area contributed by atoms with E-state index in [2.05, 4.69) is 4.98 Å². The van der Waals surface area contributed by atoms with Crippen molar-refractivity contribution < 1.29 is 9.90 Å². The van der Waals surface area contributed by atoms with Crippen molar-refractivity contribution in [2.45, 2.75) is 6.92 Å². The van der Waals surface area contributed by atoms with Gasteiger partial charge in [0.15, 0.2) is 5.13 Å². The molecule has 2 rings (SSSR count). The predicted molar refractivity (Wildman–Crippen MR) is 55.1 cm³/mol. The molecule has 6 heteroatoms. The molecule has 14 heavy (non-hydrogen) atoms. The van der Waals surface area contributed by atoms with Gasteiger partial charge in [-0.1, -0.05) is 11.6 Å². The van der Waals surface area contributed by atoms with E-state index < -0.39 is 11.4 Å². The normalized spacial score (nSPS) is 19.1. The molecular weight excluding hydrogens is 224 g/mol. The number of anilines is 1. The van der Waals surface area contributed by atoms with Gasteiger partial charge in [0.2, 0.25) is 0 Å². The van der Waals surface area contributed by atoms with Crippen molar-refractivity contribution in [3.63, 3.8) is 0 Å². The standard InChI is InChI=1S/C8H9ClN2O2S/c1-8(6(12)13)3-11(4-8)7-10-5(9)2-14-7/h2H,3-4H2,1H3,(H,12,13). The number of carboxylic acids is 1. The van der Waals surface area contributed by atoms with E-state index in [0.717, 1.165) is 5.13 Å². The van der Waals surface area contributed by atoms with E-state index in [4.69, 9.17) is 16.7 Å². The molecule has 1 aliphatic rings. The third kappa shape index (κ3) is 1.46. The molecule has 1 N–H and O–H groups in total. The summed E-state index contributed by atoms with van der Waals surface area (Å²) in [6.45, 7) is 2.75. The van der Waals surface area contributed by atoms with Gasteiger partial charge in [-0.15, -0.1) is 11.3 Å². The summed E-state index contributed by atoms with van der Waals surface area (Å²) in [5.41, 5.74) is -0.627. The lowest BCUT2D eigenvalue weighted by atomic mass is 9.82. The second-order valence-electron chi connectivity index (χ2n) is 3.67. The molecule has 1 aromatic heterocycles. The first-order valence-electron chi connectivity index (χ1n) is 4.11. The summed E-state index contributed by atoms with van der Waals surface area (Å²) >= 11 is 7.11. The Bertz CT molecular complexity index is 373. The van der Waals surface area contributed by atoms with Crippen LogP contribution in [0.5, 0.6) is 0 Å². The van der Waals surface area contributed by atoms with E-state index in [9.17, 15) is 4.79 Å². The maximum absolute atomic E-state index is 10.8. The first-order valence-corrected chi connectivity index (χ1v) is 5.36. The first-order chi connectivity index (χ1) is 6.51. The number of carboxylic acid groups (broad SMARTS) is 1. The average molecular weight is 233 g/mol. The molecule has 76 valence electrons. The lowest BCUT2D eigenvalue weighted by Gasteiger charge is -2.44. The molecule has 2 heterocycles. The summed E-state index contributed by atoms with van der Waals surface area (Å²) in [6, 6.07) is 0. The van der Waals surface area contributed by atoms with Gasteiger partial charge >= 0.3 is 5.97 Å². The van der Waals surface area contributed by atoms with Crippen molar-refractivity contribution in [3.8, 4) is 0 Å². The number of nitrogens with zero attached hydrogens (tertiary/aromatic N) is 2. The number of thiazole rings is 1. The highest BCUT2D eigenvalue weighted by Crippen LogP contribution is 2.36. The van der Waals surface area contributed by atoms with Crippen molar-refractivity contribution in [2.24, 2.45) is 5.41 Å². The first kappa shape index (κ1) is 9.73. The van der Waals surface area contributed by atoms with Crippen LogP contribution >= 0.6 is 22.9 Å². The van der Waals surface area contributed by atoms with Crippen LogP contribution in [-0.2, 0) is 4.79 Å². The quantitative estimate of drug-likeness (QED) is 0.844. The van der Waals surface area contributed by atoms with Crippen LogP contribution in [0.2, 0.25) is 5.15 Å². The van der Waals surface area contributed by atoms with Gasteiger partial charge in [0, 0.05) is 18.5 Å². The molecule has 0 aliphatic carbocycles. The number of aromatic nitrogens is 1. The monoisotopic (exact) mass is 232 g/mol. The minimum Gasteiger partial charge on any atom is -0.481 e. The van der Waals surface area contributed by atoms with E-state index in [0.29, 0.717) is 18.2 Å². The van der Waals surface area contributed by atoms with Gasteiger partial charge in [0.05, 0.1) is 5.41 Å². The average Bonchev–Trinajstić information content (AvgIpc) is 2.45. The van der Waals surface area contributed by atoms with E-state index in [1.54, 1.807) is 12.3 Å². The SMILES string of the molecule is CC1(C(=O)O)CN(c2nc(Cl)cs2)C1. The van der Waals surface area contributed by atoms with E-state index in [1.165, 1.54) is 11.3 Å². The van der Waals surface area contributed by atoms with Crippen LogP contribution in [0, 0.1) is 5.41 Å². The maximum atomic E-state index is 10.8. The molecule has 0 amide bonds. The van der Waals surface area contributed by atoms with Gasteiger partial charge in [0.1, 0.15) is 5.15 Å². The second-order valence-corrected chi connectivity index (χ2v) is 4.90. The largest absolute Gasteiger partial charge is 0.481 e. The number of hydrogen-bond acceptors (Lipinski definition) is 4. The van der Waals surface area contributed by atoms with Gasteiger partial charge in [-0.2, -0.15) is 0 Å². The van der Waals surface area contributed by atoms with Crippen LogP contribution in [0.15, 0.2) is 5.38 Å². The minimum atomic E-state index is -0.753. The van der Waals surface area contributed by atoms with Crippen LogP contribution in [0.3, 0.4) is 0 Å². The van der Waals surface area contributed by atoms with Crippen LogP contribution in [0.1, 0.15) is 6.92 Å². The summed E-state index contributed by atoms with van der Waals surface area (Å²) in [6.07, 6.45) is 0. The lowest BCUT2D eigenvalue weighted by molar-refractivity contribution is -0.149. The topological polar surface area (TPSA) is 53.4 Å². The summed E-state index contributed by atoms with van der Waals surface area (Å²) in [5, 5.41) is 11.9. The number of hydrogen-bond donors (Lipinski definition) is 1. The molecular formula is C8H9ClN2O2S. The fraction of sp³-hybridized carbons (Fsp3) is 0.500. The summed E-state index contributed by atoms with van der Waals surface area (Å²) in [4.78, 5) is 16.8. The molecule has 0 unspecified atom stereocenters. The zero-order valence-corrected chi connectivity index (χ0v) is 9.10. The zero-order chi connectivity index (χ0) is 10.3. The molecule has 1 saturated heterocycles. The molecule has 1 aromatic rings. The molecule has 0 atom stereocenters. The molecule has 0 spiro atoms. The van der Waals surface area contributed by atoms with Crippen molar-refractivity contribution in [1.82, 2.24) is 4.98 Å². The number of rotatable bonds is 2. The summed E-state index contributed by atoms with van der Waals surface area (Å²) in [5.74, 6) is -0.753. The van der Waals surface area contributed by atoms with Gasteiger partial charge in [-0.05, 0) is 6.92 Å². The van der Waals surface area contributed by atoms with Crippen molar-refractivity contribution in [1.29, 1.82) is 0 Å². The van der Waals surface area contributed by atoms with Gasteiger partial charge in [-0.3, -0.25) is 4.79 Å². The van der Waals surface area contributed by atoms with Gasteiger partial charge in [-0.25, -0.2) is 4.98 Å². The minimum absolute atomic E-state index is 0.467. The Hall–Kier alpha value is -0.810. The Morgan fingerprint density at radius 2 is 2.43 bits per heavy atom. The Morgan fingerprint density at radius 3 is 2.86 bits per heavy atom. The number of carbonyl (C=O) groups is 1. The molecule has 4 nitrogen and oxygen atoms in total. The molecule has 1 fully saturated rings. The lowest BCUT2D eigenvalue weighted by Crippen LogP contribution is -2.58. The van der Waals surface area contributed by atoms with Crippen LogP contribution in [0.25, 0.3) is 0 Å². The molecule has 0 aromatic carbocycles. The van der Waals surface area contributed by atoms with Crippen molar-refractivity contribution >= 4 is 34.0 Å². The fourth-order valence-corrected chi connectivity index (χ4v) is 2.41. The van der Waals surface area contributed by atoms with E-state index in [1.807, 2.05) is 4.90 Å². The zero-order valence-electron chi connectivity index (χ0n) is 7.53. The Kier molecular flexibility index (Phi) is 2.16. The summed E-state index contributed by atoms with van der Waals surface area (Å²) < 4.78 is 0. The molecule has 0 saturated carbocycles. The predicted octanol–water partition coefficient (Wildman–Crippen LogP) is 1.71. The van der Waals surface area contributed by atoms with Crippen molar-refractivity contribution in [2.75, 3.05) is 18.0 Å². The molecule has 0 bridgehead atoms. The van der Waals surface area contributed by atoms with Gasteiger partial charge in [0.25, 0.3) is 0 Å². The van der Waals surface area contributed by atoms with Crippen LogP contribution < -0.4 is 4.90 Å².